The van der Waals surface area contributed by atoms with E-state index < -0.39 is 20.0 Å². The Morgan fingerprint density at radius 1 is 1.04 bits per heavy atom. The second-order valence-corrected chi connectivity index (χ2v) is 10.1. The van der Waals surface area contributed by atoms with Crippen molar-refractivity contribution < 1.29 is 16.8 Å². The predicted octanol–water partition coefficient (Wildman–Crippen LogP) is 2.43. The van der Waals surface area contributed by atoms with E-state index in [0.717, 1.165) is 16.5 Å². The molecule has 0 aliphatic carbocycles. The van der Waals surface area contributed by atoms with E-state index in [1.807, 2.05) is 36.4 Å². The molecule has 1 atom stereocenters. The van der Waals surface area contributed by atoms with Crippen molar-refractivity contribution in [2.75, 3.05) is 19.6 Å². The summed E-state index contributed by atoms with van der Waals surface area (Å²) in [5.41, 5.74) is 1.79. The highest BCUT2D eigenvalue weighted by atomic mass is 32.2. The molecule has 8 heteroatoms. The molecule has 1 aliphatic heterocycles. The predicted molar refractivity (Wildman–Crippen MR) is 106 cm³/mol. The Morgan fingerprint density at radius 2 is 1.74 bits per heavy atom. The van der Waals surface area contributed by atoms with E-state index >= 15 is 0 Å². The van der Waals surface area contributed by atoms with Gasteiger partial charge in [0.05, 0.1) is 4.90 Å². The average molecular weight is 407 g/mol. The fourth-order valence-electron chi connectivity index (χ4n) is 3.09. The maximum absolute atomic E-state index is 13.0. The summed E-state index contributed by atoms with van der Waals surface area (Å²) >= 11 is 0. The zero-order valence-electron chi connectivity index (χ0n) is 14.8. The van der Waals surface area contributed by atoms with Gasteiger partial charge in [0.1, 0.15) is 0 Å². The van der Waals surface area contributed by atoms with Gasteiger partial charge in [0.2, 0.25) is 20.0 Å². The summed E-state index contributed by atoms with van der Waals surface area (Å²) < 4.78 is 52.8. The third kappa shape index (κ3) is 4.65. The Morgan fingerprint density at radius 3 is 2.44 bits per heavy atom. The number of sulfonamides is 2. The Bertz CT molecular complexity index is 1020. The summed E-state index contributed by atoms with van der Waals surface area (Å²) in [5.74, 6) is -0.0631. The van der Waals surface area contributed by atoms with Crippen LogP contribution in [0.1, 0.15) is 6.42 Å². The highest BCUT2D eigenvalue weighted by Gasteiger charge is 2.32. The molecule has 1 saturated heterocycles. The van der Waals surface area contributed by atoms with Crippen molar-refractivity contribution >= 4 is 20.0 Å². The van der Waals surface area contributed by atoms with Crippen LogP contribution in [0.4, 0.5) is 0 Å². The zero-order chi connectivity index (χ0) is 19.5. The smallest absolute Gasteiger partial charge is 0.211 e. The average Bonchev–Trinajstić information content (AvgIpc) is 3.17. The van der Waals surface area contributed by atoms with Gasteiger partial charge in [0.15, 0.2) is 0 Å². The molecular formula is C19H22N2O4S2. The number of benzene rings is 2. The molecule has 0 unspecified atom stereocenters. The molecule has 1 aliphatic rings. The summed E-state index contributed by atoms with van der Waals surface area (Å²) in [7, 11) is -7.13. The van der Waals surface area contributed by atoms with Crippen LogP contribution in [-0.4, -0.2) is 40.8 Å². The lowest BCUT2D eigenvalue weighted by atomic mass is 10.1. The number of nitrogens with one attached hydrogen (secondary N) is 1. The molecule has 2 aromatic carbocycles. The Hall–Kier alpha value is -2.00. The first-order valence-electron chi connectivity index (χ1n) is 8.59. The Kier molecular flexibility index (Phi) is 5.81. The van der Waals surface area contributed by atoms with Crippen molar-refractivity contribution in [3.63, 3.8) is 0 Å². The third-order valence-electron chi connectivity index (χ3n) is 4.62. The van der Waals surface area contributed by atoms with E-state index in [9.17, 15) is 16.8 Å². The minimum atomic E-state index is -3.63. The molecule has 0 spiro atoms. The van der Waals surface area contributed by atoms with E-state index in [-0.39, 0.29) is 23.9 Å². The molecule has 6 nitrogen and oxygen atoms in total. The van der Waals surface area contributed by atoms with Crippen molar-refractivity contribution in [3.05, 3.63) is 66.6 Å². The number of hydrogen-bond acceptors (Lipinski definition) is 4. The van der Waals surface area contributed by atoms with Gasteiger partial charge in [-0.3, -0.25) is 0 Å². The zero-order valence-corrected chi connectivity index (χ0v) is 16.4. The lowest BCUT2D eigenvalue weighted by Crippen LogP contribution is -2.32. The van der Waals surface area contributed by atoms with Gasteiger partial charge in [-0.15, -0.1) is 0 Å². The van der Waals surface area contributed by atoms with Gasteiger partial charge < -0.3 is 0 Å². The summed E-state index contributed by atoms with van der Waals surface area (Å²) in [6, 6.07) is 16.5. The first kappa shape index (κ1) is 19.8. The normalized spacial score (nSPS) is 18.4. The maximum atomic E-state index is 13.0. The number of hydrogen-bond donors (Lipinski definition) is 1. The Balaban J connectivity index is 1.75. The fourth-order valence-corrected chi connectivity index (χ4v) is 5.25. The van der Waals surface area contributed by atoms with Gasteiger partial charge in [0, 0.05) is 25.0 Å². The standard InChI is InChI=1S/C19H22N2O4S2/c1-2-26(22,23)20-14-16-11-12-21(15-16)27(24,25)19-10-6-9-18(13-19)17-7-4-3-5-8-17/h2-10,13,16,20H,1,11-12,14-15H2/t16-/m1/s1. The van der Waals surface area contributed by atoms with E-state index in [2.05, 4.69) is 11.3 Å². The van der Waals surface area contributed by atoms with Crippen LogP contribution in [0.15, 0.2) is 71.5 Å². The van der Waals surface area contributed by atoms with Crippen molar-refractivity contribution in [1.82, 2.24) is 9.03 Å². The SMILES string of the molecule is C=CS(=O)(=O)NC[C@H]1CCN(S(=O)(=O)c2cccc(-c3ccccc3)c2)C1. The summed E-state index contributed by atoms with van der Waals surface area (Å²) in [5, 5.41) is 0.853. The van der Waals surface area contributed by atoms with Gasteiger partial charge in [0.25, 0.3) is 0 Å². The molecule has 0 radical (unpaired) electrons. The molecule has 1 N–H and O–H groups in total. The molecule has 1 fully saturated rings. The summed E-state index contributed by atoms with van der Waals surface area (Å²) in [6.07, 6.45) is 0.608. The molecule has 144 valence electrons. The van der Waals surface area contributed by atoms with Crippen molar-refractivity contribution in [3.8, 4) is 11.1 Å². The number of rotatable bonds is 7. The Labute approximate surface area is 160 Å². The molecule has 27 heavy (non-hydrogen) atoms. The number of nitrogens with zero attached hydrogens (tertiary/aromatic N) is 1. The van der Waals surface area contributed by atoms with Crippen molar-refractivity contribution in [2.24, 2.45) is 5.92 Å². The van der Waals surface area contributed by atoms with Gasteiger partial charge in [-0.25, -0.2) is 21.6 Å². The molecule has 2 aromatic rings. The van der Waals surface area contributed by atoms with Crippen molar-refractivity contribution in [2.45, 2.75) is 11.3 Å². The molecule has 0 saturated carbocycles. The van der Waals surface area contributed by atoms with Crippen LogP contribution < -0.4 is 4.72 Å². The molecule has 1 heterocycles. The van der Waals surface area contributed by atoms with Crippen LogP contribution in [0.25, 0.3) is 11.1 Å². The van der Waals surface area contributed by atoms with Crippen LogP contribution in [0.5, 0.6) is 0 Å². The first-order chi connectivity index (χ1) is 12.8. The van der Waals surface area contributed by atoms with Crippen LogP contribution in [0, 0.1) is 5.92 Å². The fraction of sp³-hybridized carbons (Fsp3) is 0.263. The minimum Gasteiger partial charge on any atom is -0.211 e. The van der Waals surface area contributed by atoms with Crippen LogP contribution in [-0.2, 0) is 20.0 Å². The highest BCUT2D eigenvalue weighted by molar-refractivity contribution is 7.92. The minimum absolute atomic E-state index is 0.0631. The van der Waals surface area contributed by atoms with Crippen LogP contribution in [0.3, 0.4) is 0 Å². The second-order valence-electron chi connectivity index (χ2n) is 6.47. The third-order valence-corrected chi connectivity index (χ3v) is 7.49. The molecule has 0 amide bonds. The van der Waals surface area contributed by atoms with Gasteiger partial charge in [-0.2, -0.15) is 4.31 Å². The van der Waals surface area contributed by atoms with E-state index in [0.29, 0.717) is 13.0 Å². The largest absolute Gasteiger partial charge is 0.243 e. The van der Waals surface area contributed by atoms with Gasteiger partial charge >= 0.3 is 0 Å². The molecule has 0 bridgehead atoms. The maximum Gasteiger partial charge on any atom is 0.243 e. The topological polar surface area (TPSA) is 83.6 Å². The lowest BCUT2D eigenvalue weighted by molar-refractivity contribution is 0.455. The van der Waals surface area contributed by atoms with Crippen LogP contribution in [0.2, 0.25) is 0 Å². The molecular weight excluding hydrogens is 384 g/mol. The van der Waals surface area contributed by atoms with Crippen LogP contribution >= 0.6 is 0 Å². The van der Waals surface area contributed by atoms with E-state index in [1.165, 1.54) is 4.31 Å². The van der Waals surface area contributed by atoms with E-state index in [1.54, 1.807) is 18.2 Å². The molecule has 3 rings (SSSR count). The van der Waals surface area contributed by atoms with Crippen molar-refractivity contribution in [1.29, 1.82) is 0 Å². The second kappa shape index (κ2) is 7.93. The van der Waals surface area contributed by atoms with Gasteiger partial charge in [-0.1, -0.05) is 49.0 Å². The summed E-state index contributed by atoms with van der Waals surface area (Å²) in [4.78, 5) is 0.246. The monoisotopic (exact) mass is 406 g/mol. The summed E-state index contributed by atoms with van der Waals surface area (Å²) in [6.45, 7) is 4.11. The highest BCUT2D eigenvalue weighted by Crippen LogP contribution is 2.27. The first-order valence-corrected chi connectivity index (χ1v) is 11.6. The molecule has 0 aromatic heterocycles. The quantitative estimate of drug-likeness (QED) is 0.765. The van der Waals surface area contributed by atoms with Gasteiger partial charge in [-0.05, 0) is 35.6 Å². The van der Waals surface area contributed by atoms with E-state index in [4.69, 9.17) is 0 Å². The lowest BCUT2D eigenvalue weighted by Gasteiger charge is -2.17.